The van der Waals surface area contributed by atoms with Gasteiger partial charge in [-0.3, -0.25) is 0 Å². The molecule has 10 N–H and O–H groups in total. The van der Waals surface area contributed by atoms with E-state index in [1.54, 1.807) is 0 Å². The van der Waals surface area contributed by atoms with Gasteiger partial charge in [0.2, 0.25) is 12.2 Å². The topological polar surface area (TPSA) is 357 Å². The maximum absolute atomic E-state index is 8.24. The third kappa shape index (κ3) is 1400. The van der Waals surface area contributed by atoms with Gasteiger partial charge in [0.25, 0.3) is 0 Å². The number of rotatable bonds is 0. The van der Waals surface area contributed by atoms with E-state index in [2.05, 4.69) is 42.2 Å². The van der Waals surface area contributed by atoms with Crippen molar-refractivity contribution in [1.29, 1.82) is 16.0 Å². The minimum Gasteiger partial charge on any atom is -0.870 e. The van der Waals surface area contributed by atoms with E-state index in [0.717, 1.165) is 0 Å². The number of nitriles is 1. The van der Waals surface area contributed by atoms with Crippen LogP contribution in [0.4, 0.5) is 0 Å². The summed E-state index contributed by atoms with van der Waals surface area (Å²) in [6.07, 6.45) is 1.66. The molecule has 0 aromatic rings. The van der Waals surface area contributed by atoms with Crippen molar-refractivity contribution in [2.75, 3.05) is 0 Å². The molecule has 0 aromatic heterocycles. The van der Waals surface area contributed by atoms with Gasteiger partial charge in [0.1, 0.15) is 0 Å². The molecule has 0 fully saturated rings. The number of hydrogen-bond acceptors (Lipinski definition) is 12. The van der Waals surface area contributed by atoms with Crippen molar-refractivity contribution in [3.05, 3.63) is 29.7 Å². The van der Waals surface area contributed by atoms with Crippen molar-refractivity contribution in [3.63, 3.8) is 0 Å². The van der Waals surface area contributed by atoms with Gasteiger partial charge in [-0.1, -0.05) is 95.6 Å². The van der Waals surface area contributed by atoms with Crippen LogP contribution in [-0.4, -0.2) is 240 Å². The predicted octanol–water partition coefficient (Wildman–Crippen LogP) is 3.22. The molecule has 0 saturated carbocycles. The fourth-order valence-corrected chi connectivity index (χ4v) is 0.0577. The minimum absolute atomic E-state index is 0. The molecule has 0 radical (unpaired) electrons. The largest absolute Gasteiger partial charge is 2.00 e. The van der Waals surface area contributed by atoms with Gasteiger partial charge < -0.3 is 78.5 Å². The van der Waals surface area contributed by atoms with Crippen molar-refractivity contribution in [3.8, 4) is 6.19 Å². The standard InChI is InChI=1S/C2H4N4.CHO2.CO2.12CH4.4CH3.5Ca.I3.N2.5H2O/c3-1-6-2(4)5;2*2-1-3;;;;;;;;;;;;;;;;;;;;;;1-3-2;1-2;;;;;/h(H4,4,5,6);(H,2,3);;12*1H4;4*1H3;;;;;;;;5*1H2/q;-1;;;;;;;;;;;;;;4*-1;5*+2;-1;;;;;;/p-5. The van der Waals surface area contributed by atoms with Crippen LogP contribution in [0.2, 0.25) is 0 Å². The molecule has 0 atom stereocenters. The monoisotopic (exact) mass is 1120 g/mol. The molecule has 0 heterocycles. The van der Waals surface area contributed by atoms with Crippen LogP contribution >= 0.6 is 37.2 Å². The molecule has 0 aliphatic rings. The van der Waals surface area contributed by atoms with E-state index in [0.29, 0.717) is 19.7 Å². The molecule has 0 spiro atoms. The summed E-state index contributed by atoms with van der Waals surface area (Å²) in [4.78, 5) is 27.4. The first-order chi connectivity index (χ1) is 8.01. The van der Waals surface area contributed by atoms with Gasteiger partial charge in [-0.05, 0) is 0 Å². The Morgan fingerprint density at radius 2 is 0.698 bits per heavy atom. The Morgan fingerprint density at radius 1 is 0.628 bits per heavy atom. The Morgan fingerprint density at radius 3 is 0.698 bits per heavy atom. The van der Waals surface area contributed by atoms with E-state index < -0.39 is 0 Å². The van der Waals surface area contributed by atoms with E-state index in [9.17, 15) is 0 Å². The average Bonchev–Trinajstić information content (AvgIpc) is 2.24. The normalized spacial score (nSPS) is 1.84. The maximum atomic E-state index is 8.24. The van der Waals surface area contributed by atoms with Gasteiger partial charge in [0, 0.05) is 10.8 Å². The summed E-state index contributed by atoms with van der Waals surface area (Å²) in [5, 5.41) is 26.4. The summed E-state index contributed by atoms with van der Waals surface area (Å²) in [5.41, 5.74) is 9.42. The Kier molecular flexibility index (Phi) is 4800. The number of aliphatic imine (C=N–C) groups is 1. The van der Waals surface area contributed by atoms with E-state index in [1.165, 1.54) is 6.19 Å². The Bertz CT molecular complexity index is 307. The fourth-order valence-electron chi connectivity index (χ4n) is 0.0577. The quantitative estimate of drug-likeness (QED) is 0.0597. The van der Waals surface area contributed by atoms with Crippen molar-refractivity contribution < 1.29 is 60.1 Å². The van der Waals surface area contributed by atoms with Crippen LogP contribution in [0.25, 0.3) is 0 Å². The molecule has 0 amide bonds. The summed E-state index contributed by atoms with van der Waals surface area (Å²) < 4.78 is 0. The Hall–Kier alpha value is 5.32. The zero-order chi connectivity index (χ0) is 15.1. The van der Waals surface area contributed by atoms with Gasteiger partial charge in [-0.25, -0.2) is 0 Å². The zero-order valence-corrected chi connectivity index (χ0v) is 35.0. The van der Waals surface area contributed by atoms with E-state index in [4.69, 9.17) is 47.0 Å². The van der Waals surface area contributed by atoms with Crippen molar-refractivity contribution >= 4 is 245 Å². The number of guanidine groups is 1. The second-order valence-corrected chi connectivity index (χ2v) is 17.1. The maximum Gasteiger partial charge on any atom is 2.00 e. The number of nitrogens with two attached hydrogens (primary N) is 2. The summed E-state index contributed by atoms with van der Waals surface area (Å²) in [7, 11) is 0. The van der Waals surface area contributed by atoms with Crippen LogP contribution in [0.3, 0.4) is 0 Å². The molecule has 0 unspecified atom stereocenters. The van der Waals surface area contributed by atoms with Gasteiger partial charge in [0.15, 0.2) is 0 Å². The summed E-state index contributed by atoms with van der Waals surface area (Å²) in [5.74, 6) is -0.197. The van der Waals surface area contributed by atoms with Gasteiger partial charge in [0.05, 0.1) is 0 Å². The fraction of sp³-hybridized carbons (Fsp3) is 0.600. The van der Waals surface area contributed by atoms with E-state index >= 15 is 0 Å². The van der Waals surface area contributed by atoms with E-state index in [1.807, 2.05) is 0 Å². The molecular weight excluding hydrogens is 1050 g/mol. The molecule has 23 heteroatoms. The van der Waals surface area contributed by atoms with Crippen molar-refractivity contribution in [2.45, 2.75) is 89.1 Å². The third-order valence-electron chi connectivity index (χ3n) is 0.179. The first kappa shape index (κ1) is 361. The SMILES string of the molecule is C.C.C.C.C.C.C.C.C.C.C.C.I[I-]I.N#CN=C(N)N.N#N.O=C=O.O=[C-]O.[CH3-].[CH3-].[CH3-].[CH3-].[Ca+2].[Ca+2].[Ca+2].[Ca+2].[Ca+2].[OH-].[OH-].[OH-].[OH-].[OH-]. The number of hydrogen-bond donors (Lipinski definition) is 3. The van der Waals surface area contributed by atoms with Gasteiger partial charge in [-0.15, -0.1) is 4.99 Å². The summed E-state index contributed by atoms with van der Waals surface area (Å²) in [6.45, 7) is 0.500. The number of halogens is 3. The van der Waals surface area contributed by atoms with Crippen LogP contribution in [0.5, 0.6) is 0 Å². The van der Waals surface area contributed by atoms with Crippen LogP contribution < -0.4 is 24.7 Å². The van der Waals surface area contributed by atoms with Gasteiger partial charge >= 0.3 is 245 Å². The first-order valence-electron chi connectivity index (χ1n) is 2.57. The molecule has 266 valence electrons. The van der Waals surface area contributed by atoms with Crippen LogP contribution in [0.1, 0.15) is 89.1 Å². The molecule has 0 saturated heterocycles. The average molecular weight is 1120 g/mol. The molecule has 0 rings (SSSR count). The Balaban J connectivity index is -0.00000000128. The van der Waals surface area contributed by atoms with E-state index in [-0.39, 0.29) is 347 Å². The number of nitrogens with zero attached hydrogens (tertiary/aromatic N) is 4. The first-order valence-corrected chi connectivity index (χ1v) is 15.1. The smallest absolute Gasteiger partial charge is 0.870 e. The second-order valence-electron chi connectivity index (χ2n) is 0.865. The van der Waals surface area contributed by atoms with Crippen molar-refractivity contribution in [1.82, 2.24) is 0 Å². The zero-order valence-electron chi connectivity index (χ0n) is 17.5. The summed E-state index contributed by atoms with van der Waals surface area (Å²) in [6, 6.07) is 0. The molecule has 0 bridgehead atoms. The predicted molar refractivity (Wildman–Crippen MR) is 211 cm³/mol. The Labute approximate surface area is 452 Å². The second kappa shape index (κ2) is 572. The molecule has 0 aromatic carbocycles. The molecule has 0 aliphatic heterocycles. The van der Waals surface area contributed by atoms with Gasteiger partial charge in [-0.2, -0.15) is 14.9 Å². The number of carbonyl (C=O) groups excluding carboxylic acids is 2. The van der Waals surface area contributed by atoms with Crippen LogP contribution in [0.15, 0.2) is 4.99 Å². The van der Waals surface area contributed by atoms with Crippen LogP contribution in [0, 0.1) is 51.9 Å². The molecule has 0 aliphatic carbocycles. The molecular formula is C20H70Ca5I3N6O9-. The van der Waals surface area contributed by atoms with Crippen molar-refractivity contribution in [2.24, 2.45) is 16.5 Å². The van der Waals surface area contributed by atoms with Crippen LogP contribution in [-0.2, 0) is 14.4 Å². The summed E-state index contributed by atoms with van der Waals surface area (Å²) >= 11 is 5.30. The minimum atomic E-state index is -0.197. The molecule has 43 heavy (non-hydrogen) atoms. The third-order valence-corrected chi connectivity index (χ3v) is 0.179. The molecule has 15 nitrogen and oxygen atoms in total. The number of aliphatic hydroxyl groups excluding tert-OH is 1.